The quantitative estimate of drug-likeness (QED) is 0.635. The monoisotopic (exact) mass is 161 g/mol. The van der Waals surface area contributed by atoms with Crippen LogP contribution in [0.3, 0.4) is 0 Å². The fourth-order valence-electron chi connectivity index (χ4n) is 1.33. The molecule has 0 fully saturated rings. The van der Waals surface area contributed by atoms with Crippen molar-refractivity contribution in [3.63, 3.8) is 0 Å². The maximum absolute atomic E-state index is 5.50. The van der Waals surface area contributed by atoms with Crippen LogP contribution >= 0.6 is 0 Å². The van der Waals surface area contributed by atoms with E-state index in [0.717, 1.165) is 6.54 Å². The van der Waals surface area contributed by atoms with Gasteiger partial charge >= 0.3 is 0 Å². The van der Waals surface area contributed by atoms with E-state index in [9.17, 15) is 0 Å². The SMILES string of the molecule is NC1=N[C@H](c2ccccc2)CN1. The third-order valence-electron chi connectivity index (χ3n) is 1.96. The minimum absolute atomic E-state index is 0.200. The lowest BCUT2D eigenvalue weighted by Crippen LogP contribution is -2.26. The van der Waals surface area contributed by atoms with Gasteiger partial charge in [-0.2, -0.15) is 0 Å². The predicted molar refractivity (Wildman–Crippen MR) is 48.8 cm³/mol. The van der Waals surface area contributed by atoms with E-state index in [2.05, 4.69) is 22.4 Å². The molecule has 1 aliphatic rings. The summed E-state index contributed by atoms with van der Waals surface area (Å²) in [5.74, 6) is 0.545. The highest BCUT2D eigenvalue weighted by Crippen LogP contribution is 2.18. The second-order valence-electron chi connectivity index (χ2n) is 2.82. The number of aliphatic imine (C=N–C) groups is 1. The number of guanidine groups is 1. The van der Waals surface area contributed by atoms with Gasteiger partial charge in [0.25, 0.3) is 0 Å². The highest BCUT2D eigenvalue weighted by molar-refractivity contribution is 5.79. The summed E-state index contributed by atoms with van der Waals surface area (Å²) in [6, 6.07) is 10.4. The molecule has 1 aromatic carbocycles. The van der Waals surface area contributed by atoms with Crippen LogP contribution < -0.4 is 11.1 Å². The first-order chi connectivity index (χ1) is 5.86. The van der Waals surface area contributed by atoms with Crippen molar-refractivity contribution in [1.29, 1.82) is 0 Å². The predicted octanol–water partition coefficient (Wildman–Crippen LogP) is 0.646. The highest BCUT2D eigenvalue weighted by atomic mass is 15.2. The third kappa shape index (κ3) is 1.25. The summed E-state index contributed by atoms with van der Waals surface area (Å²) in [4.78, 5) is 4.24. The average molecular weight is 161 g/mol. The fraction of sp³-hybridized carbons (Fsp3) is 0.222. The van der Waals surface area contributed by atoms with Crippen LogP contribution in [0.5, 0.6) is 0 Å². The van der Waals surface area contributed by atoms with Crippen molar-refractivity contribution in [2.75, 3.05) is 6.54 Å². The van der Waals surface area contributed by atoms with Crippen LogP contribution in [-0.4, -0.2) is 12.5 Å². The Morgan fingerprint density at radius 2 is 2.08 bits per heavy atom. The first-order valence-corrected chi connectivity index (χ1v) is 3.98. The zero-order valence-corrected chi connectivity index (χ0v) is 6.70. The number of benzene rings is 1. The molecule has 0 aromatic heterocycles. The van der Waals surface area contributed by atoms with E-state index < -0.39 is 0 Å². The van der Waals surface area contributed by atoms with Crippen LogP contribution in [0, 0.1) is 0 Å². The summed E-state index contributed by atoms with van der Waals surface area (Å²) in [6.07, 6.45) is 0. The van der Waals surface area contributed by atoms with Crippen molar-refractivity contribution in [1.82, 2.24) is 5.32 Å². The molecule has 1 aliphatic heterocycles. The second-order valence-corrected chi connectivity index (χ2v) is 2.82. The lowest BCUT2D eigenvalue weighted by Gasteiger charge is -2.04. The van der Waals surface area contributed by atoms with Crippen molar-refractivity contribution >= 4 is 5.96 Å². The topological polar surface area (TPSA) is 50.4 Å². The number of hydrogen-bond donors (Lipinski definition) is 2. The van der Waals surface area contributed by atoms with Crippen molar-refractivity contribution in [3.8, 4) is 0 Å². The van der Waals surface area contributed by atoms with Gasteiger partial charge in [0.05, 0.1) is 6.04 Å². The van der Waals surface area contributed by atoms with Gasteiger partial charge in [0.2, 0.25) is 0 Å². The summed E-state index contributed by atoms with van der Waals surface area (Å²) >= 11 is 0. The molecular weight excluding hydrogens is 150 g/mol. The van der Waals surface area contributed by atoms with E-state index in [1.165, 1.54) is 5.56 Å². The molecule has 1 heterocycles. The van der Waals surface area contributed by atoms with Gasteiger partial charge in [0.1, 0.15) is 0 Å². The van der Waals surface area contributed by atoms with Gasteiger partial charge in [-0.3, -0.25) is 0 Å². The van der Waals surface area contributed by atoms with E-state index in [0.29, 0.717) is 5.96 Å². The van der Waals surface area contributed by atoms with E-state index >= 15 is 0 Å². The van der Waals surface area contributed by atoms with Crippen LogP contribution in [-0.2, 0) is 0 Å². The zero-order chi connectivity index (χ0) is 8.39. The molecule has 1 aromatic rings. The molecule has 0 amide bonds. The molecule has 62 valence electrons. The van der Waals surface area contributed by atoms with Crippen molar-refractivity contribution in [2.45, 2.75) is 6.04 Å². The number of rotatable bonds is 1. The van der Waals surface area contributed by atoms with Gasteiger partial charge in [0.15, 0.2) is 5.96 Å². The maximum Gasteiger partial charge on any atom is 0.189 e. The Kier molecular flexibility index (Phi) is 1.70. The van der Waals surface area contributed by atoms with E-state index in [-0.39, 0.29) is 6.04 Å². The normalized spacial score (nSPS) is 21.7. The van der Waals surface area contributed by atoms with Gasteiger partial charge in [-0.25, -0.2) is 4.99 Å². The number of hydrogen-bond acceptors (Lipinski definition) is 3. The first kappa shape index (κ1) is 7.16. The molecule has 2 rings (SSSR count). The lowest BCUT2D eigenvalue weighted by atomic mass is 10.1. The number of nitrogens with two attached hydrogens (primary N) is 1. The molecule has 12 heavy (non-hydrogen) atoms. The Morgan fingerprint density at radius 1 is 1.33 bits per heavy atom. The standard InChI is InChI=1S/C9H11N3/c10-9-11-6-8(12-9)7-4-2-1-3-5-7/h1-5,8H,6H2,(H3,10,11,12)/t8-/m0/s1. The van der Waals surface area contributed by atoms with Gasteiger partial charge in [-0.05, 0) is 5.56 Å². The molecule has 0 saturated heterocycles. The molecule has 0 saturated carbocycles. The Morgan fingerprint density at radius 3 is 2.67 bits per heavy atom. The molecule has 0 radical (unpaired) electrons. The molecule has 1 atom stereocenters. The maximum atomic E-state index is 5.50. The van der Waals surface area contributed by atoms with Gasteiger partial charge < -0.3 is 11.1 Å². The zero-order valence-electron chi connectivity index (χ0n) is 6.70. The first-order valence-electron chi connectivity index (χ1n) is 3.98. The molecule has 3 N–H and O–H groups in total. The van der Waals surface area contributed by atoms with Crippen LogP contribution in [0.4, 0.5) is 0 Å². The third-order valence-corrected chi connectivity index (χ3v) is 1.96. The van der Waals surface area contributed by atoms with E-state index in [1.807, 2.05) is 18.2 Å². The fourth-order valence-corrected chi connectivity index (χ4v) is 1.33. The van der Waals surface area contributed by atoms with Gasteiger partial charge in [-0.1, -0.05) is 30.3 Å². The highest BCUT2D eigenvalue weighted by Gasteiger charge is 2.15. The smallest absolute Gasteiger partial charge is 0.189 e. The summed E-state index contributed by atoms with van der Waals surface area (Å²) in [6.45, 7) is 0.815. The van der Waals surface area contributed by atoms with Gasteiger partial charge in [0, 0.05) is 6.54 Å². The summed E-state index contributed by atoms with van der Waals surface area (Å²) in [7, 11) is 0. The van der Waals surface area contributed by atoms with E-state index in [4.69, 9.17) is 5.73 Å². The number of nitrogens with zero attached hydrogens (tertiary/aromatic N) is 1. The minimum Gasteiger partial charge on any atom is -0.370 e. The summed E-state index contributed by atoms with van der Waals surface area (Å²) in [5.41, 5.74) is 6.71. The van der Waals surface area contributed by atoms with Crippen LogP contribution in [0.2, 0.25) is 0 Å². The van der Waals surface area contributed by atoms with Crippen molar-refractivity contribution in [2.24, 2.45) is 10.7 Å². The summed E-state index contributed by atoms with van der Waals surface area (Å²) in [5, 5.41) is 3.00. The Labute approximate surface area is 71.3 Å². The molecule has 0 spiro atoms. The van der Waals surface area contributed by atoms with Crippen molar-refractivity contribution in [3.05, 3.63) is 35.9 Å². The number of nitrogens with one attached hydrogen (secondary N) is 1. The van der Waals surface area contributed by atoms with Gasteiger partial charge in [-0.15, -0.1) is 0 Å². The Hall–Kier alpha value is -1.51. The lowest BCUT2D eigenvalue weighted by molar-refractivity contribution is 0.751. The minimum atomic E-state index is 0.200. The summed E-state index contributed by atoms with van der Waals surface area (Å²) < 4.78 is 0. The molecule has 0 bridgehead atoms. The van der Waals surface area contributed by atoms with Crippen LogP contribution in [0.1, 0.15) is 11.6 Å². The van der Waals surface area contributed by atoms with Crippen LogP contribution in [0.25, 0.3) is 0 Å². The second kappa shape index (κ2) is 2.85. The van der Waals surface area contributed by atoms with Crippen LogP contribution in [0.15, 0.2) is 35.3 Å². The average Bonchev–Trinajstić information content (AvgIpc) is 2.54. The molecule has 3 heteroatoms. The Bertz CT molecular complexity index is 292. The largest absolute Gasteiger partial charge is 0.370 e. The molecule has 0 unspecified atom stereocenters. The molecule has 0 aliphatic carbocycles. The van der Waals surface area contributed by atoms with Crippen molar-refractivity contribution < 1.29 is 0 Å². The molecule has 3 nitrogen and oxygen atoms in total. The Balaban J connectivity index is 2.22. The molecular formula is C9H11N3. The van der Waals surface area contributed by atoms with E-state index in [1.54, 1.807) is 0 Å².